The highest BCUT2D eigenvalue weighted by molar-refractivity contribution is 6.02. The van der Waals surface area contributed by atoms with Crippen molar-refractivity contribution in [2.24, 2.45) is 0 Å². The Balaban J connectivity index is 1.48. The zero-order valence-electron chi connectivity index (χ0n) is 23.3. The molecule has 1 saturated heterocycles. The van der Waals surface area contributed by atoms with E-state index in [1.807, 2.05) is 37.3 Å². The summed E-state index contributed by atoms with van der Waals surface area (Å²) in [7, 11) is 1.53. The van der Waals surface area contributed by atoms with Crippen molar-refractivity contribution in [2.45, 2.75) is 70.2 Å². The van der Waals surface area contributed by atoms with Crippen molar-refractivity contribution < 1.29 is 28.2 Å². The summed E-state index contributed by atoms with van der Waals surface area (Å²) in [4.78, 5) is 39.8. The first-order valence-electron chi connectivity index (χ1n) is 13.5. The molecule has 0 aliphatic carbocycles. The number of likely N-dealkylation sites (tertiary alicyclic amines) is 1. The molecule has 3 atom stereocenters. The molecule has 1 fully saturated rings. The van der Waals surface area contributed by atoms with E-state index >= 15 is 4.39 Å². The lowest BCUT2D eigenvalue weighted by Gasteiger charge is -2.38. The molecule has 210 valence electrons. The second-order valence-corrected chi connectivity index (χ2v) is 11.4. The van der Waals surface area contributed by atoms with Crippen LogP contribution in [-0.2, 0) is 4.74 Å². The molecule has 0 radical (unpaired) electrons. The van der Waals surface area contributed by atoms with Crippen LogP contribution in [0.3, 0.4) is 0 Å². The first kappa shape index (κ1) is 28.4. The first-order valence-corrected chi connectivity index (χ1v) is 13.5. The topological polar surface area (TPSA) is 97.0 Å². The van der Waals surface area contributed by atoms with E-state index < -0.39 is 23.3 Å². The number of rotatable bonds is 6. The van der Waals surface area contributed by atoms with Gasteiger partial charge in [0.2, 0.25) is 0 Å². The second kappa shape index (κ2) is 11.2. The number of halogens is 1. The van der Waals surface area contributed by atoms with Gasteiger partial charge in [-0.15, -0.1) is 0 Å². The van der Waals surface area contributed by atoms with Gasteiger partial charge in [-0.05, 0) is 58.2 Å². The van der Waals surface area contributed by atoms with Crippen molar-refractivity contribution in [1.82, 2.24) is 15.5 Å². The van der Waals surface area contributed by atoms with Gasteiger partial charge < -0.3 is 25.0 Å². The van der Waals surface area contributed by atoms with Gasteiger partial charge in [0.05, 0.1) is 12.1 Å². The van der Waals surface area contributed by atoms with Crippen LogP contribution in [-0.4, -0.2) is 66.9 Å². The summed E-state index contributed by atoms with van der Waals surface area (Å²) in [6, 6.07) is 13.1. The number of benzene rings is 2. The minimum absolute atomic E-state index is 0.0536. The average Bonchev–Trinajstić information content (AvgIpc) is 3.22. The lowest BCUT2D eigenvalue weighted by molar-refractivity contribution is -0.00740. The summed E-state index contributed by atoms with van der Waals surface area (Å²) in [6.45, 7) is 7.71. The number of carbonyl (C=O) groups excluding carboxylic acids is 3. The maximum absolute atomic E-state index is 15.7. The number of ether oxygens (including phenoxy) is 2. The number of hydrogen-bond donors (Lipinski definition) is 2. The number of piperidine rings is 1. The van der Waals surface area contributed by atoms with Gasteiger partial charge in [0, 0.05) is 43.6 Å². The summed E-state index contributed by atoms with van der Waals surface area (Å²) in [5.74, 6) is -0.432. The SMILES string of the molecule is CNC(=O)c1cc(C(=O)NCC[C@]2(F)CCCN(C(=O)OC(C)(C)C)C2)cc2c1O[C@H](C)[C@H]2c1ccccc1. The third-order valence-electron chi connectivity index (χ3n) is 7.16. The van der Waals surface area contributed by atoms with Crippen LogP contribution in [0.1, 0.15) is 84.7 Å². The standard InChI is InChI=1S/C30H38FN3O5/c1-19-24(20-10-7-6-8-11-20)22-16-21(17-23(25(22)38-19)27(36)32-5)26(35)33-14-13-30(31)12-9-15-34(18-30)28(37)39-29(2,3)4/h6-8,10-11,16-17,19,24H,9,12-15,18H2,1-5H3,(H,32,36)(H,33,35)/t19-,24+,30-/m1/s1. The van der Waals surface area contributed by atoms with Crippen LogP contribution in [0.4, 0.5) is 9.18 Å². The monoisotopic (exact) mass is 539 g/mol. The Morgan fingerprint density at radius 2 is 1.87 bits per heavy atom. The van der Waals surface area contributed by atoms with Crippen molar-refractivity contribution in [3.8, 4) is 5.75 Å². The molecule has 0 saturated carbocycles. The van der Waals surface area contributed by atoms with Crippen molar-refractivity contribution in [2.75, 3.05) is 26.7 Å². The number of carbonyl (C=O) groups is 3. The van der Waals surface area contributed by atoms with Crippen LogP contribution in [0.25, 0.3) is 0 Å². The van der Waals surface area contributed by atoms with E-state index in [-0.39, 0.29) is 43.0 Å². The zero-order valence-corrected chi connectivity index (χ0v) is 23.3. The summed E-state index contributed by atoms with van der Waals surface area (Å²) in [5.41, 5.74) is 0.0888. The Labute approximate surface area is 229 Å². The van der Waals surface area contributed by atoms with Gasteiger partial charge >= 0.3 is 6.09 Å². The highest BCUT2D eigenvalue weighted by atomic mass is 19.1. The van der Waals surface area contributed by atoms with Crippen LogP contribution in [0.5, 0.6) is 5.75 Å². The molecule has 4 rings (SSSR count). The van der Waals surface area contributed by atoms with E-state index in [1.54, 1.807) is 26.8 Å². The molecule has 0 unspecified atom stereocenters. The van der Waals surface area contributed by atoms with E-state index in [2.05, 4.69) is 10.6 Å². The van der Waals surface area contributed by atoms with Crippen LogP contribution < -0.4 is 15.4 Å². The zero-order chi connectivity index (χ0) is 28.4. The second-order valence-electron chi connectivity index (χ2n) is 11.4. The fourth-order valence-electron chi connectivity index (χ4n) is 5.34. The molecule has 2 aliphatic heterocycles. The van der Waals surface area contributed by atoms with Crippen molar-refractivity contribution in [3.63, 3.8) is 0 Å². The fourth-order valence-corrected chi connectivity index (χ4v) is 5.34. The number of amides is 3. The Morgan fingerprint density at radius 3 is 2.54 bits per heavy atom. The third kappa shape index (κ3) is 6.52. The Kier molecular flexibility index (Phi) is 8.18. The Bertz CT molecular complexity index is 1230. The molecular formula is C30H38FN3O5. The minimum Gasteiger partial charge on any atom is -0.489 e. The van der Waals surface area contributed by atoms with Gasteiger partial charge in [0.15, 0.2) is 0 Å². The van der Waals surface area contributed by atoms with Crippen LogP contribution in [0, 0.1) is 0 Å². The van der Waals surface area contributed by atoms with Gasteiger partial charge in [-0.1, -0.05) is 30.3 Å². The fraction of sp³-hybridized carbons (Fsp3) is 0.500. The smallest absolute Gasteiger partial charge is 0.410 e. The molecular weight excluding hydrogens is 501 g/mol. The Hall–Kier alpha value is -3.62. The van der Waals surface area contributed by atoms with Crippen molar-refractivity contribution in [3.05, 3.63) is 64.7 Å². The summed E-state index contributed by atoms with van der Waals surface area (Å²) in [5, 5.41) is 5.43. The van der Waals surface area contributed by atoms with Crippen LogP contribution in [0.2, 0.25) is 0 Å². The number of nitrogens with one attached hydrogen (secondary N) is 2. The molecule has 0 bridgehead atoms. The lowest BCUT2D eigenvalue weighted by atomic mass is 9.87. The normalized spacial score (nSPS) is 22.5. The first-order chi connectivity index (χ1) is 18.4. The molecule has 0 spiro atoms. The quantitative estimate of drug-likeness (QED) is 0.549. The molecule has 9 heteroatoms. The number of nitrogens with zero attached hydrogens (tertiary/aromatic N) is 1. The van der Waals surface area contributed by atoms with E-state index in [9.17, 15) is 14.4 Å². The van der Waals surface area contributed by atoms with E-state index in [0.29, 0.717) is 30.7 Å². The maximum atomic E-state index is 15.7. The predicted molar refractivity (Wildman–Crippen MR) is 146 cm³/mol. The van der Waals surface area contributed by atoms with Crippen LogP contribution in [0.15, 0.2) is 42.5 Å². The summed E-state index contributed by atoms with van der Waals surface area (Å²) in [6.07, 6.45) is 0.115. The highest BCUT2D eigenvalue weighted by Crippen LogP contribution is 2.45. The van der Waals surface area contributed by atoms with Gasteiger partial charge in [0.1, 0.15) is 23.1 Å². The molecule has 39 heavy (non-hydrogen) atoms. The number of hydrogen-bond acceptors (Lipinski definition) is 5. The third-order valence-corrected chi connectivity index (χ3v) is 7.16. The molecule has 2 aliphatic rings. The summed E-state index contributed by atoms with van der Waals surface area (Å²) < 4.78 is 27.2. The van der Waals surface area contributed by atoms with E-state index in [1.165, 1.54) is 18.0 Å². The molecule has 2 aromatic rings. The van der Waals surface area contributed by atoms with Crippen molar-refractivity contribution in [1.29, 1.82) is 0 Å². The molecule has 2 heterocycles. The average molecular weight is 540 g/mol. The van der Waals surface area contributed by atoms with Gasteiger partial charge in [-0.3, -0.25) is 9.59 Å². The molecule has 2 aromatic carbocycles. The largest absolute Gasteiger partial charge is 0.489 e. The van der Waals surface area contributed by atoms with Crippen LogP contribution >= 0.6 is 0 Å². The van der Waals surface area contributed by atoms with E-state index in [4.69, 9.17) is 9.47 Å². The number of alkyl halides is 1. The predicted octanol–water partition coefficient (Wildman–Crippen LogP) is 4.82. The molecule has 8 nitrogen and oxygen atoms in total. The molecule has 2 N–H and O–H groups in total. The molecule has 3 amide bonds. The van der Waals surface area contributed by atoms with Crippen molar-refractivity contribution >= 4 is 17.9 Å². The highest BCUT2D eigenvalue weighted by Gasteiger charge is 2.39. The summed E-state index contributed by atoms with van der Waals surface area (Å²) >= 11 is 0. The molecule has 0 aromatic heterocycles. The van der Waals surface area contributed by atoms with Gasteiger partial charge in [-0.25, -0.2) is 9.18 Å². The lowest BCUT2D eigenvalue weighted by Crippen LogP contribution is -2.50. The van der Waals surface area contributed by atoms with Gasteiger partial charge in [0.25, 0.3) is 11.8 Å². The number of fused-ring (bicyclic) bond motifs is 1. The Morgan fingerprint density at radius 1 is 1.15 bits per heavy atom. The van der Waals surface area contributed by atoms with E-state index in [0.717, 1.165) is 11.1 Å². The minimum atomic E-state index is -1.63. The maximum Gasteiger partial charge on any atom is 0.410 e. The van der Waals surface area contributed by atoms with Gasteiger partial charge in [-0.2, -0.15) is 0 Å².